The Morgan fingerprint density at radius 1 is 1.22 bits per heavy atom. The number of hydrogen-bond donors (Lipinski definition) is 0. The predicted octanol–water partition coefficient (Wildman–Crippen LogP) is 1.54. The lowest BCUT2D eigenvalue weighted by Gasteiger charge is -2.08. The van der Waals surface area contributed by atoms with Gasteiger partial charge in [0, 0.05) is 23.6 Å². The van der Waals surface area contributed by atoms with Crippen molar-refractivity contribution in [1.29, 1.82) is 0 Å². The molecule has 0 amide bonds. The number of halogens is 3. The summed E-state index contributed by atoms with van der Waals surface area (Å²) in [6, 6.07) is 0.765. The van der Waals surface area contributed by atoms with Crippen molar-refractivity contribution in [3.05, 3.63) is 42.1 Å². The minimum Gasteiger partial charge on any atom is -0.303 e. The smallest absolute Gasteiger partial charge is 0.155 e. The molecule has 98 valence electrons. The van der Waals surface area contributed by atoms with E-state index in [2.05, 4.69) is 0 Å². The van der Waals surface area contributed by atoms with Crippen molar-refractivity contribution < 1.29 is 26.4 Å². The van der Waals surface area contributed by atoms with Gasteiger partial charge in [0.2, 0.25) is 0 Å². The van der Waals surface area contributed by atoms with Crippen molar-refractivity contribution in [3.63, 3.8) is 0 Å². The summed E-state index contributed by atoms with van der Waals surface area (Å²) in [5.41, 5.74) is -0.769. The number of benzene rings is 1. The van der Waals surface area contributed by atoms with E-state index < -0.39 is 50.3 Å². The summed E-state index contributed by atoms with van der Waals surface area (Å²) in [6.45, 7) is 5.12. The zero-order valence-electron chi connectivity index (χ0n) is 9.07. The first kappa shape index (κ1) is 14.7. The minimum absolute atomic E-state index is 0.217. The second-order valence-electron chi connectivity index (χ2n) is 3.70. The van der Waals surface area contributed by atoms with Gasteiger partial charge in [-0.3, -0.25) is 0 Å². The molecule has 0 aromatic heterocycles. The summed E-state index contributed by atoms with van der Waals surface area (Å²) in [5, 5.41) is 0. The fourth-order valence-electron chi connectivity index (χ4n) is 1.32. The molecule has 0 N–H and O–H groups in total. The van der Waals surface area contributed by atoms with Crippen LogP contribution in [0.15, 0.2) is 12.1 Å². The molecule has 2 radical (unpaired) electrons. The van der Waals surface area contributed by atoms with Crippen LogP contribution in [0.5, 0.6) is 0 Å². The Bertz CT molecular complexity index is 532. The molecule has 7 heteroatoms. The highest BCUT2D eigenvalue weighted by molar-refractivity contribution is 7.90. The van der Waals surface area contributed by atoms with Crippen LogP contribution < -0.4 is 0 Å². The second kappa shape index (κ2) is 5.51. The lowest BCUT2D eigenvalue weighted by molar-refractivity contribution is -0.109. The topological polar surface area (TPSA) is 51.2 Å². The predicted molar refractivity (Wildman–Crippen MR) is 57.7 cm³/mol. The number of aldehydes is 1. The van der Waals surface area contributed by atoms with Crippen LogP contribution in [0.4, 0.5) is 13.2 Å². The van der Waals surface area contributed by atoms with Gasteiger partial charge in [0.15, 0.2) is 9.84 Å². The Labute approximate surface area is 103 Å². The van der Waals surface area contributed by atoms with Crippen LogP contribution in [0, 0.1) is 30.3 Å². The molecule has 0 aliphatic heterocycles. The summed E-state index contributed by atoms with van der Waals surface area (Å²) >= 11 is 0. The molecule has 1 rings (SSSR count). The molecular formula is C11H9F3O3S. The molecule has 0 saturated heterocycles. The molecule has 18 heavy (non-hydrogen) atoms. The van der Waals surface area contributed by atoms with E-state index >= 15 is 0 Å². The SMILES string of the molecule is [CH][C@H](C=O)CS(=O)(=O)Cc1c(F)cc(F)cc1F. The highest BCUT2D eigenvalue weighted by Crippen LogP contribution is 2.18. The maximum Gasteiger partial charge on any atom is 0.155 e. The second-order valence-corrected chi connectivity index (χ2v) is 5.81. The summed E-state index contributed by atoms with van der Waals surface area (Å²) in [7, 11) is -3.96. The first-order chi connectivity index (χ1) is 8.25. The molecule has 0 saturated carbocycles. The molecule has 0 aliphatic carbocycles. The van der Waals surface area contributed by atoms with E-state index in [4.69, 9.17) is 6.92 Å². The van der Waals surface area contributed by atoms with Crippen LogP contribution in [0.3, 0.4) is 0 Å². The average molecular weight is 278 g/mol. The van der Waals surface area contributed by atoms with Gasteiger partial charge < -0.3 is 4.79 Å². The van der Waals surface area contributed by atoms with Crippen molar-refractivity contribution in [1.82, 2.24) is 0 Å². The monoisotopic (exact) mass is 278 g/mol. The zero-order chi connectivity index (χ0) is 13.9. The van der Waals surface area contributed by atoms with E-state index in [-0.39, 0.29) is 6.29 Å². The number of sulfone groups is 1. The third kappa shape index (κ3) is 3.83. The maximum atomic E-state index is 13.2. The Morgan fingerprint density at radius 3 is 2.17 bits per heavy atom. The normalized spacial score (nSPS) is 13.3. The summed E-state index contributed by atoms with van der Waals surface area (Å²) in [5.74, 6) is -6.71. The Hall–Kier alpha value is -1.37. The van der Waals surface area contributed by atoms with Gasteiger partial charge in [-0.15, -0.1) is 0 Å². The third-order valence-corrected chi connectivity index (χ3v) is 3.71. The quantitative estimate of drug-likeness (QED) is 0.768. The average Bonchev–Trinajstić information content (AvgIpc) is 2.22. The van der Waals surface area contributed by atoms with Gasteiger partial charge in [0.1, 0.15) is 23.7 Å². The van der Waals surface area contributed by atoms with Crippen molar-refractivity contribution in [2.45, 2.75) is 5.75 Å². The molecule has 0 bridgehead atoms. The molecule has 0 aliphatic rings. The van der Waals surface area contributed by atoms with Gasteiger partial charge in [-0.1, -0.05) is 0 Å². The van der Waals surface area contributed by atoms with Gasteiger partial charge in [0.05, 0.1) is 11.5 Å². The van der Waals surface area contributed by atoms with E-state index in [0.29, 0.717) is 12.1 Å². The number of carbonyl (C=O) groups is 1. The van der Waals surface area contributed by atoms with E-state index in [1.807, 2.05) is 0 Å². The molecule has 1 aromatic carbocycles. The van der Waals surface area contributed by atoms with Crippen molar-refractivity contribution in [2.24, 2.45) is 5.92 Å². The first-order valence-electron chi connectivity index (χ1n) is 4.80. The number of hydrogen-bond acceptors (Lipinski definition) is 3. The standard InChI is InChI=1S/C11H9F3O3S/c1-7(4-15)5-18(16,17)6-9-10(13)2-8(12)3-11(9)14/h1-4,7H,5-6H2/t7-/m1/s1. The Morgan fingerprint density at radius 2 is 1.72 bits per heavy atom. The van der Waals surface area contributed by atoms with Crippen molar-refractivity contribution >= 4 is 16.1 Å². The largest absolute Gasteiger partial charge is 0.303 e. The Kier molecular flexibility index (Phi) is 4.50. The zero-order valence-corrected chi connectivity index (χ0v) is 9.88. The molecule has 0 unspecified atom stereocenters. The van der Waals surface area contributed by atoms with E-state index in [0.717, 1.165) is 0 Å². The van der Waals surface area contributed by atoms with Gasteiger partial charge in [0.25, 0.3) is 0 Å². The van der Waals surface area contributed by atoms with Crippen LogP contribution >= 0.6 is 0 Å². The maximum absolute atomic E-state index is 13.2. The molecular weight excluding hydrogens is 269 g/mol. The van der Waals surface area contributed by atoms with Gasteiger partial charge in [-0.25, -0.2) is 21.6 Å². The van der Waals surface area contributed by atoms with Crippen LogP contribution in [0.1, 0.15) is 5.56 Å². The van der Waals surface area contributed by atoms with E-state index in [1.54, 1.807) is 0 Å². The highest BCUT2D eigenvalue weighted by Gasteiger charge is 2.21. The lowest BCUT2D eigenvalue weighted by atomic mass is 10.2. The summed E-state index contributed by atoms with van der Waals surface area (Å²) in [4.78, 5) is 10.2. The van der Waals surface area contributed by atoms with Crippen LogP contribution in [0.25, 0.3) is 0 Å². The van der Waals surface area contributed by atoms with E-state index in [9.17, 15) is 26.4 Å². The van der Waals surface area contributed by atoms with Crippen LogP contribution in [-0.2, 0) is 20.4 Å². The summed E-state index contributed by atoms with van der Waals surface area (Å²) in [6.07, 6.45) is 0.217. The van der Waals surface area contributed by atoms with Gasteiger partial charge >= 0.3 is 0 Å². The van der Waals surface area contributed by atoms with Crippen LogP contribution in [0.2, 0.25) is 0 Å². The molecule has 1 atom stereocenters. The number of carbonyl (C=O) groups excluding carboxylic acids is 1. The molecule has 0 spiro atoms. The number of rotatable bonds is 5. The highest BCUT2D eigenvalue weighted by atomic mass is 32.2. The fraction of sp³-hybridized carbons (Fsp3) is 0.273. The van der Waals surface area contributed by atoms with Crippen molar-refractivity contribution in [2.75, 3.05) is 5.75 Å². The molecule has 0 heterocycles. The van der Waals surface area contributed by atoms with Crippen molar-refractivity contribution in [3.8, 4) is 0 Å². The molecule has 1 aromatic rings. The van der Waals surface area contributed by atoms with Gasteiger partial charge in [-0.05, 0) is 6.92 Å². The van der Waals surface area contributed by atoms with Crippen LogP contribution in [-0.4, -0.2) is 20.5 Å². The molecule has 0 fully saturated rings. The lowest BCUT2D eigenvalue weighted by Crippen LogP contribution is -2.18. The van der Waals surface area contributed by atoms with Gasteiger partial charge in [-0.2, -0.15) is 0 Å². The summed E-state index contributed by atoms with van der Waals surface area (Å²) < 4.78 is 62.0. The van der Waals surface area contributed by atoms with E-state index in [1.165, 1.54) is 0 Å². The minimum atomic E-state index is -3.96. The third-order valence-electron chi connectivity index (χ3n) is 2.09. The molecule has 3 nitrogen and oxygen atoms in total. The fourth-order valence-corrected chi connectivity index (χ4v) is 2.82. The Balaban J connectivity index is 3.01. The first-order valence-corrected chi connectivity index (χ1v) is 6.62.